The van der Waals surface area contributed by atoms with E-state index in [0.717, 1.165) is 31.7 Å². The van der Waals surface area contributed by atoms with Crippen molar-refractivity contribution in [3.63, 3.8) is 0 Å². The summed E-state index contributed by atoms with van der Waals surface area (Å²) in [5.74, 6) is 1.66. The number of carbonyl (C=O) groups is 1. The van der Waals surface area contributed by atoms with Gasteiger partial charge in [0, 0.05) is 30.7 Å². The first-order valence-corrected chi connectivity index (χ1v) is 11.5. The van der Waals surface area contributed by atoms with Gasteiger partial charge in [-0.3, -0.25) is 9.69 Å². The van der Waals surface area contributed by atoms with E-state index >= 15 is 0 Å². The molecule has 2 saturated carbocycles. The minimum atomic E-state index is -0.767. The molecule has 0 unspecified atom stereocenters. The third-order valence-electron chi connectivity index (χ3n) is 9.60. The zero-order valence-corrected chi connectivity index (χ0v) is 17.7. The smallest absolute Gasteiger partial charge is 0.165 e. The first-order valence-electron chi connectivity index (χ1n) is 11.5. The predicted molar refractivity (Wildman–Crippen MR) is 111 cm³/mol. The molecule has 2 heterocycles. The van der Waals surface area contributed by atoms with Crippen LogP contribution in [0.3, 0.4) is 0 Å². The molecule has 7 aliphatic rings. The van der Waals surface area contributed by atoms with E-state index in [4.69, 9.17) is 9.47 Å². The number of aromatic hydroxyl groups is 1. The second-order valence-corrected chi connectivity index (χ2v) is 10.6. The number of likely N-dealkylation sites (tertiary alicyclic amines) is 1. The number of benzene rings is 1. The molecule has 3 fully saturated rings. The molecule has 0 amide bonds. The van der Waals surface area contributed by atoms with Gasteiger partial charge in [-0.2, -0.15) is 0 Å². The Morgan fingerprint density at radius 2 is 2.17 bits per heavy atom. The van der Waals surface area contributed by atoms with Gasteiger partial charge in [-0.05, 0) is 63.1 Å². The van der Waals surface area contributed by atoms with Gasteiger partial charge in [0.05, 0.1) is 11.3 Å². The van der Waals surface area contributed by atoms with Gasteiger partial charge in [0.1, 0.15) is 17.5 Å². The minimum Gasteiger partial charge on any atom is -0.504 e. The highest BCUT2D eigenvalue weighted by Crippen LogP contribution is 2.74. The third-order valence-corrected chi connectivity index (χ3v) is 9.60. The van der Waals surface area contributed by atoms with Gasteiger partial charge in [-0.15, -0.1) is 0 Å². The molecule has 1 saturated heterocycles. The fourth-order valence-corrected chi connectivity index (χ4v) is 8.24. The fraction of sp³-hybridized carbons (Fsp3) is 0.640. The van der Waals surface area contributed by atoms with E-state index in [0.29, 0.717) is 11.8 Å². The van der Waals surface area contributed by atoms with Crippen LogP contribution in [0.1, 0.15) is 43.7 Å². The lowest BCUT2D eigenvalue weighted by Gasteiger charge is -2.71. The van der Waals surface area contributed by atoms with Crippen molar-refractivity contribution in [2.45, 2.75) is 62.2 Å². The number of methoxy groups -OCH3 is 1. The van der Waals surface area contributed by atoms with Crippen molar-refractivity contribution in [1.29, 1.82) is 0 Å². The molecular formula is C25H29NO4. The van der Waals surface area contributed by atoms with Gasteiger partial charge in [-0.1, -0.05) is 18.2 Å². The van der Waals surface area contributed by atoms with Crippen LogP contribution in [0.4, 0.5) is 0 Å². The van der Waals surface area contributed by atoms with Gasteiger partial charge in [0.2, 0.25) is 0 Å². The Morgan fingerprint density at radius 3 is 2.90 bits per heavy atom. The summed E-state index contributed by atoms with van der Waals surface area (Å²) < 4.78 is 12.8. The van der Waals surface area contributed by atoms with Crippen molar-refractivity contribution >= 4 is 5.78 Å². The number of hydrogen-bond donors (Lipinski definition) is 1. The topological polar surface area (TPSA) is 59.0 Å². The molecule has 158 valence electrons. The molecule has 4 bridgehead atoms. The number of piperidine rings is 1. The molecule has 5 nitrogen and oxygen atoms in total. The predicted octanol–water partition coefficient (Wildman–Crippen LogP) is 2.98. The second-order valence-electron chi connectivity index (χ2n) is 10.6. The zero-order chi connectivity index (χ0) is 20.5. The third kappa shape index (κ3) is 1.72. The molecule has 0 radical (unpaired) electrons. The number of ketones is 1. The fourth-order valence-electron chi connectivity index (χ4n) is 8.24. The van der Waals surface area contributed by atoms with E-state index in [-0.39, 0.29) is 34.4 Å². The summed E-state index contributed by atoms with van der Waals surface area (Å²) in [5.41, 5.74) is 1.39. The van der Waals surface area contributed by atoms with Crippen molar-refractivity contribution in [2.75, 3.05) is 20.2 Å². The van der Waals surface area contributed by atoms with Crippen molar-refractivity contribution < 1.29 is 19.4 Å². The van der Waals surface area contributed by atoms with Crippen LogP contribution in [0, 0.1) is 17.3 Å². The molecule has 30 heavy (non-hydrogen) atoms. The van der Waals surface area contributed by atoms with Crippen LogP contribution >= 0.6 is 0 Å². The molecule has 8 rings (SSSR count). The Bertz CT molecular complexity index is 1010. The highest BCUT2D eigenvalue weighted by molar-refractivity contribution is 5.82. The Hall–Kier alpha value is -1.85. The largest absolute Gasteiger partial charge is 0.504 e. The van der Waals surface area contributed by atoms with Crippen LogP contribution in [-0.4, -0.2) is 53.7 Å². The highest BCUT2D eigenvalue weighted by Gasteiger charge is 2.79. The Labute approximate surface area is 177 Å². The second kappa shape index (κ2) is 5.31. The van der Waals surface area contributed by atoms with Crippen LogP contribution in [0.25, 0.3) is 0 Å². The molecule has 5 aliphatic carbocycles. The first-order chi connectivity index (χ1) is 14.5. The van der Waals surface area contributed by atoms with Crippen molar-refractivity contribution in [2.24, 2.45) is 17.3 Å². The number of hydrogen-bond acceptors (Lipinski definition) is 5. The number of carbonyl (C=O) groups excluding carboxylic acids is 1. The van der Waals surface area contributed by atoms with Crippen LogP contribution in [0.15, 0.2) is 24.3 Å². The zero-order valence-electron chi connectivity index (χ0n) is 17.7. The number of rotatable bonds is 4. The molecule has 0 aromatic heterocycles. The summed E-state index contributed by atoms with van der Waals surface area (Å²) >= 11 is 0. The van der Waals surface area contributed by atoms with Crippen molar-refractivity contribution in [3.05, 3.63) is 35.4 Å². The van der Waals surface area contributed by atoms with E-state index in [1.165, 1.54) is 30.5 Å². The molecule has 2 spiro atoms. The number of fused-ring (bicyclic) bond motifs is 1. The normalized spacial score (nSPS) is 44.7. The van der Waals surface area contributed by atoms with Crippen LogP contribution < -0.4 is 4.74 Å². The van der Waals surface area contributed by atoms with Gasteiger partial charge in [0.15, 0.2) is 11.5 Å². The van der Waals surface area contributed by atoms with Crippen LogP contribution in [0.5, 0.6) is 11.5 Å². The standard InChI is InChI=1S/C25H29NO4/c1-14(27)17-12-23-7-8-25(17,29-2)22-24(23)9-10-26(13-15-3-4-15)19(23)11-16-5-6-18(28)21(30-22)20(16)24/h5-8,15,17,19,22,28H,3-4,9-13H2,1-2H3/t17-,19-,22-,23-,24+,25-/m1/s1. The number of phenolic OH excluding ortho intramolecular Hbond substituents is 1. The molecular weight excluding hydrogens is 378 g/mol. The summed E-state index contributed by atoms with van der Waals surface area (Å²) in [6.45, 7) is 3.92. The maximum Gasteiger partial charge on any atom is 0.165 e. The van der Waals surface area contributed by atoms with Crippen LogP contribution in [0.2, 0.25) is 0 Å². The summed E-state index contributed by atoms with van der Waals surface area (Å²) in [5, 5.41) is 10.7. The molecule has 6 atom stereocenters. The summed E-state index contributed by atoms with van der Waals surface area (Å²) in [4.78, 5) is 15.6. The van der Waals surface area contributed by atoms with Gasteiger partial charge in [0.25, 0.3) is 0 Å². The Balaban J connectivity index is 1.51. The minimum absolute atomic E-state index is 0.145. The number of nitrogens with zero attached hydrogens (tertiary/aromatic N) is 1. The van der Waals surface area contributed by atoms with E-state index in [1.54, 1.807) is 20.1 Å². The van der Waals surface area contributed by atoms with Crippen LogP contribution in [-0.2, 0) is 21.4 Å². The van der Waals surface area contributed by atoms with Crippen molar-refractivity contribution in [3.8, 4) is 11.5 Å². The van der Waals surface area contributed by atoms with E-state index in [9.17, 15) is 9.90 Å². The highest BCUT2D eigenvalue weighted by atomic mass is 16.6. The lowest BCUT2D eigenvalue weighted by atomic mass is 9.37. The summed E-state index contributed by atoms with van der Waals surface area (Å²) in [7, 11) is 1.71. The molecule has 1 aromatic carbocycles. The monoisotopic (exact) mass is 407 g/mol. The number of Topliss-reactive ketones (excluding diaryl/α,β-unsaturated/α-hetero) is 1. The SMILES string of the molecule is CO[C@]12C=C[C@@]3(C[C@@H]1C(C)=O)[C@H]1Cc4ccc(O)c5c4[C@@]3(CCN1CC1CC1)[C@H]2O5. The first kappa shape index (κ1) is 17.8. The molecule has 2 aliphatic heterocycles. The Kier molecular flexibility index (Phi) is 3.15. The van der Waals surface area contributed by atoms with E-state index in [2.05, 4.69) is 23.1 Å². The van der Waals surface area contributed by atoms with E-state index in [1.807, 2.05) is 0 Å². The quantitative estimate of drug-likeness (QED) is 0.778. The van der Waals surface area contributed by atoms with Gasteiger partial charge < -0.3 is 14.6 Å². The summed E-state index contributed by atoms with van der Waals surface area (Å²) in [6.07, 6.45) is 9.75. The molecule has 1 aromatic rings. The summed E-state index contributed by atoms with van der Waals surface area (Å²) in [6, 6.07) is 4.27. The maximum atomic E-state index is 12.9. The number of phenols is 1. The lowest BCUT2D eigenvalue weighted by Crippen LogP contribution is -2.79. The molecule has 5 heteroatoms. The lowest BCUT2D eigenvalue weighted by molar-refractivity contribution is -0.214. The van der Waals surface area contributed by atoms with Crippen molar-refractivity contribution in [1.82, 2.24) is 4.90 Å². The van der Waals surface area contributed by atoms with Gasteiger partial charge in [-0.25, -0.2) is 0 Å². The molecule has 1 N–H and O–H groups in total. The average molecular weight is 408 g/mol. The maximum absolute atomic E-state index is 12.9. The van der Waals surface area contributed by atoms with Gasteiger partial charge >= 0.3 is 0 Å². The number of ether oxygens (including phenoxy) is 2. The average Bonchev–Trinajstić information content (AvgIpc) is 3.48. The Morgan fingerprint density at radius 1 is 1.33 bits per heavy atom. The van der Waals surface area contributed by atoms with E-state index < -0.39 is 5.60 Å².